The van der Waals surface area contributed by atoms with Crippen LogP contribution in [0.3, 0.4) is 0 Å². The van der Waals surface area contributed by atoms with Gasteiger partial charge in [-0.1, -0.05) is 30.3 Å². The zero-order valence-corrected chi connectivity index (χ0v) is 19.2. The van der Waals surface area contributed by atoms with Crippen LogP contribution in [0.25, 0.3) is 10.4 Å². The number of carbonyl (C=O) groups excluding carboxylic acids is 2. The number of likely N-dealkylation sites (tertiary alicyclic amines) is 1. The molecule has 2 aromatic heterocycles. The number of aromatic nitrogens is 1. The molecule has 3 heterocycles. The molecular formula is C25H28N4O2S. The normalized spacial score (nSPS) is 18.2. The van der Waals surface area contributed by atoms with Gasteiger partial charge in [0.2, 0.25) is 5.91 Å². The van der Waals surface area contributed by atoms with Gasteiger partial charge in [-0.15, -0.1) is 11.3 Å². The van der Waals surface area contributed by atoms with Gasteiger partial charge >= 0.3 is 0 Å². The van der Waals surface area contributed by atoms with Crippen molar-refractivity contribution in [1.82, 2.24) is 15.2 Å². The first-order valence-electron chi connectivity index (χ1n) is 10.8. The Morgan fingerprint density at radius 3 is 2.78 bits per heavy atom. The fourth-order valence-corrected chi connectivity index (χ4v) is 5.26. The van der Waals surface area contributed by atoms with Gasteiger partial charge in [0.25, 0.3) is 5.91 Å². The van der Waals surface area contributed by atoms with E-state index in [-0.39, 0.29) is 11.8 Å². The molecule has 32 heavy (non-hydrogen) atoms. The molecule has 1 aliphatic heterocycles. The number of anilines is 1. The number of thiophene rings is 1. The lowest BCUT2D eigenvalue weighted by Gasteiger charge is -2.41. The third kappa shape index (κ3) is 4.53. The minimum absolute atomic E-state index is 0.0119. The van der Waals surface area contributed by atoms with E-state index in [4.69, 9.17) is 0 Å². The second kappa shape index (κ2) is 9.53. The van der Waals surface area contributed by atoms with Crippen molar-refractivity contribution in [3.8, 4) is 10.4 Å². The maximum absolute atomic E-state index is 13.3. The number of nitrogens with one attached hydrogen (secondary N) is 2. The van der Waals surface area contributed by atoms with Crippen LogP contribution < -0.4 is 10.6 Å². The minimum atomic E-state index is -0.657. The van der Waals surface area contributed by atoms with E-state index < -0.39 is 5.41 Å². The van der Waals surface area contributed by atoms with Crippen molar-refractivity contribution in [2.24, 2.45) is 5.41 Å². The monoisotopic (exact) mass is 448 g/mol. The van der Waals surface area contributed by atoms with Gasteiger partial charge in [0.15, 0.2) is 0 Å². The van der Waals surface area contributed by atoms with Crippen LogP contribution in [0.15, 0.2) is 60.1 Å². The highest BCUT2D eigenvalue weighted by Crippen LogP contribution is 2.36. The second-order valence-corrected chi connectivity index (χ2v) is 9.17. The van der Waals surface area contributed by atoms with Crippen LogP contribution in [0.1, 0.15) is 28.8 Å². The zero-order valence-electron chi connectivity index (χ0n) is 18.4. The lowest BCUT2D eigenvalue weighted by molar-refractivity contribution is -0.133. The molecule has 7 heteroatoms. The molecule has 1 aromatic carbocycles. The summed E-state index contributed by atoms with van der Waals surface area (Å²) in [5.41, 5.74) is 2.19. The molecule has 4 rings (SSSR count). The van der Waals surface area contributed by atoms with E-state index in [0.29, 0.717) is 30.9 Å². The van der Waals surface area contributed by atoms with Crippen molar-refractivity contribution < 1.29 is 9.59 Å². The molecule has 3 aromatic rings. The number of carbonyl (C=O) groups is 2. The third-order valence-electron chi connectivity index (χ3n) is 6.11. The lowest BCUT2D eigenvalue weighted by Crippen LogP contribution is -2.54. The maximum Gasteiger partial charge on any atom is 0.254 e. The Labute approximate surface area is 192 Å². The highest BCUT2D eigenvalue weighted by atomic mass is 32.1. The van der Waals surface area contributed by atoms with Crippen molar-refractivity contribution in [2.75, 3.05) is 32.5 Å². The average molecular weight is 449 g/mol. The topological polar surface area (TPSA) is 74.3 Å². The lowest BCUT2D eigenvalue weighted by atomic mass is 9.74. The molecule has 2 N–H and O–H groups in total. The first-order chi connectivity index (χ1) is 15.5. The summed E-state index contributed by atoms with van der Waals surface area (Å²) in [6.07, 6.45) is 3.75. The van der Waals surface area contributed by atoms with E-state index in [9.17, 15) is 9.59 Å². The fourth-order valence-electron chi connectivity index (χ4n) is 4.53. The van der Waals surface area contributed by atoms with E-state index >= 15 is 0 Å². The van der Waals surface area contributed by atoms with Crippen molar-refractivity contribution >= 4 is 29.0 Å². The number of amides is 2. The van der Waals surface area contributed by atoms with Gasteiger partial charge in [0, 0.05) is 43.8 Å². The van der Waals surface area contributed by atoms with E-state index in [2.05, 4.69) is 45.3 Å². The Kier molecular flexibility index (Phi) is 6.55. The standard InChI is InChI=1S/C25H28N4O2S/c1-26-22-15-20(9-11-28-22)23(30)29-12-5-10-25(17-29,24(31)27-2)16-18-6-3-7-19(14-18)21-8-4-13-32-21/h3-4,6-9,11,13-15H,5,10,12,16-17H2,1-2H3,(H,26,28)(H,27,31)/t25-/m0/s1. The SMILES string of the molecule is CNC(=O)[C@]1(Cc2cccc(-c3cccs3)c2)CCCN(C(=O)c2ccnc(NC)c2)C1. The highest BCUT2D eigenvalue weighted by Gasteiger charge is 2.43. The molecular weight excluding hydrogens is 420 g/mol. The molecule has 0 bridgehead atoms. The molecule has 6 nitrogen and oxygen atoms in total. The number of benzene rings is 1. The van der Waals surface area contributed by atoms with Gasteiger partial charge in [-0.2, -0.15) is 0 Å². The first-order valence-corrected chi connectivity index (χ1v) is 11.7. The molecule has 1 saturated heterocycles. The van der Waals surface area contributed by atoms with Crippen LogP contribution in [0.4, 0.5) is 5.82 Å². The first kappa shape index (κ1) is 22.0. The highest BCUT2D eigenvalue weighted by molar-refractivity contribution is 7.13. The summed E-state index contributed by atoms with van der Waals surface area (Å²) in [6, 6.07) is 16.0. The van der Waals surface area contributed by atoms with Gasteiger partial charge in [-0.3, -0.25) is 9.59 Å². The average Bonchev–Trinajstić information content (AvgIpc) is 3.38. The Morgan fingerprint density at radius 2 is 2.03 bits per heavy atom. The molecule has 0 aliphatic carbocycles. The Hall–Kier alpha value is -3.19. The quantitative estimate of drug-likeness (QED) is 0.596. The zero-order chi connectivity index (χ0) is 22.6. The second-order valence-electron chi connectivity index (χ2n) is 8.22. The molecule has 2 amide bonds. The summed E-state index contributed by atoms with van der Waals surface area (Å²) in [4.78, 5) is 33.6. The smallest absolute Gasteiger partial charge is 0.254 e. The van der Waals surface area contributed by atoms with Crippen molar-refractivity contribution in [3.63, 3.8) is 0 Å². The molecule has 0 radical (unpaired) electrons. The fraction of sp³-hybridized carbons (Fsp3) is 0.320. The summed E-state index contributed by atoms with van der Waals surface area (Å²) in [5, 5.41) is 7.90. The molecule has 0 saturated carbocycles. The molecule has 0 unspecified atom stereocenters. The van der Waals surface area contributed by atoms with Crippen LogP contribution in [-0.4, -0.2) is 48.9 Å². The summed E-state index contributed by atoms with van der Waals surface area (Å²) in [6.45, 7) is 1.04. The summed E-state index contributed by atoms with van der Waals surface area (Å²) in [5.74, 6) is 0.571. The number of nitrogens with zero attached hydrogens (tertiary/aromatic N) is 2. The van der Waals surface area contributed by atoms with Crippen LogP contribution in [0, 0.1) is 5.41 Å². The van der Waals surface area contributed by atoms with Gasteiger partial charge in [-0.05, 0) is 54.0 Å². The largest absolute Gasteiger partial charge is 0.373 e. The summed E-state index contributed by atoms with van der Waals surface area (Å²) in [7, 11) is 3.45. The predicted molar refractivity (Wildman–Crippen MR) is 129 cm³/mol. The molecule has 1 aliphatic rings. The van der Waals surface area contributed by atoms with Crippen molar-refractivity contribution in [1.29, 1.82) is 0 Å². The van der Waals surface area contributed by atoms with E-state index in [0.717, 1.165) is 24.0 Å². The van der Waals surface area contributed by atoms with Crippen molar-refractivity contribution in [2.45, 2.75) is 19.3 Å². The number of piperidine rings is 1. The molecule has 1 atom stereocenters. The van der Waals surface area contributed by atoms with Crippen LogP contribution in [-0.2, 0) is 11.2 Å². The molecule has 1 fully saturated rings. The van der Waals surface area contributed by atoms with Gasteiger partial charge in [0.1, 0.15) is 5.82 Å². The van der Waals surface area contributed by atoms with E-state index in [1.165, 1.54) is 4.88 Å². The van der Waals surface area contributed by atoms with Crippen LogP contribution >= 0.6 is 11.3 Å². The third-order valence-corrected chi connectivity index (χ3v) is 7.03. The number of rotatable bonds is 6. The van der Waals surface area contributed by atoms with Crippen molar-refractivity contribution in [3.05, 3.63) is 71.2 Å². The Balaban J connectivity index is 1.61. The number of hydrogen-bond acceptors (Lipinski definition) is 5. The van der Waals surface area contributed by atoms with E-state index in [1.807, 2.05) is 17.0 Å². The summed E-state index contributed by atoms with van der Waals surface area (Å²) >= 11 is 1.70. The number of hydrogen-bond donors (Lipinski definition) is 2. The minimum Gasteiger partial charge on any atom is -0.373 e. The van der Waals surface area contributed by atoms with E-state index in [1.54, 1.807) is 43.8 Å². The van der Waals surface area contributed by atoms with Gasteiger partial charge < -0.3 is 15.5 Å². The Bertz CT molecular complexity index is 1100. The van der Waals surface area contributed by atoms with Crippen LogP contribution in [0.2, 0.25) is 0 Å². The maximum atomic E-state index is 13.3. The van der Waals surface area contributed by atoms with Gasteiger partial charge in [-0.25, -0.2) is 4.98 Å². The number of pyridine rings is 1. The summed E-state index contributed by atoms with van der Waals surface area (Å²) < 4.78 is 0. The molecule has 166 valence electrons. The Morgan fingerprint density at radius 1 is 1.16 bits per heavy atom. The molecule has 0 spiro atoms. The predicted octanol–water partition coefficient (Wildman–Crippen LogP) is 4.06. The van der Waals surface area contributed by atoms with Gasteiger partial charge in [0.05, 0.1) is 5.41 Å². The van der Waals surface area contributed by atoms with Crippen LogP contribution in [0.5, 0.6) is 0 Å².